The molecule has 1 N–H and O–H groups in total. The van der Waals surface area contributed by atoms with Crippen LogP contribution in [-0.4, -0.2) is 21.0 Å². The molecule has 0 unspecified atom stereocenters. The van der Waals surface area contributed by atoms with Crippen LogP contribution in [0.2, 0.25) is 0 Å². The molecule has 7 heteroatoms. The Hall–Kier alpha value is -2.96. The van der Waals surface area contributed by atoms with Gasteiger partial charge in [0.15, 0.2) is 5.89 Å². The van der Waals surface area contributed by atoms with Gasteiger partial charge in [-0.05, 0) is 30.0 Å². The number of fused-ring (bicyclic) bond motifs is 1. The molecular weight excluding hydrogens is 308 g/mol. The van der Waals surface area contributed by atoms with Crippen molar-refractivity contribution in [2.24, 2.45) is 0 Å². The minimum atomic E-state index is -0.244. The number of carbonyl (C=O) groups is 1. The van der Waals surface area contributed by atoms with Crippen molar-refractivity contribution in [1.82, 2.24) is 20.4 Å². The number of hydrogen-bond acceptors (Lipinski definition) is 6. The Labute approximate surface area is 138 Å². The Morgan fingerprint density at radius 3 is 2.88 bits per heavy atom. The summed E-state index contributed by atoms with van der Waals surface area (Å²) in [6.45, 7) is 3.48. The Balaban J connectivity index is 1.55. The lowest BCUT2D eigenvalue weighted by Crippen LogP contribution is -2.26. The van der Waals surface area contributed by atoms with Gasteiger partial charge in [0.25, 0.3) is 5.91 Å². The average molecular weight is 324 g/mol. The largest absolute Gasteiger partial charge is 0.436 e. The quantitative estimate of drug-likeness (QED) is 0.796. The van der Waals surface area contributed by atoms with Crippen molar-refractivity contribution >= 4 is 5.91 Å². The molecule has 0 aliphatic heterocycles. The summed E-state index contributed by atoms with van der Waals surface area (Å²) in [6.07, 6.45) is 3.19. The molecule has 1 aliphatic carbocycles. The van der Waals surface area contributed by atoms with Crippen molar-refractivity contribution in [2.45, 2.75) is 32.7 Å². The molecular formula is C17H16N4O3. The summed E-state index contributed by atoms with van der Waals surface area (Å²) in [6, 6.07) is 6.00. The second-order valence-corrected chi connectivity index (χ2v) is 5.86. The number of aryl methyl sites for hydroxylation is 3. The predicted octanol–water partition coefficient (Wildman–Crippen LogP) is 2.76. The summed E-state index contributed by atoms with van der Waals surface area (Å²) in [5.74, 6) is 1.59. The Morgan fingerprint density at radius 2 is 2.17 bits per heavy atom. The van der Waals surface area contributed by atoms with Gasteiger partial charge in [0, 0.05) is 19.4 Å². The maximum Gasteiger partial charge on any atom is 0.289 e. The molecule has 1 aromatic carbocycles. The molecule has 4 rings (SSSR count). The molecule has 1 amide bonds. The van der Waals surface area contributed by atoms with Gasteiger partial charge in [0.2, 0.25) is 17.5 Å². The van der Waals surface area contributed by atoms with Crippen LogP contribution in [0.4, 0.5) is 0 Å². The van der Waals surface area contributed by atoms with Crippen molar-refractivity contribution in [2.75, 3.05) is 0 Å². The van der Waals surface area contributed by atoms with E-state index in [9.17, 15) is 4.79 Å². The van der Waals surface area contributed by atoms with E-state index in [1.54, 1.807) is 13.8 Å². The van der Waals surface area contributed by atoms with Crippen LogP contribution < -0.4 is 5.32 Å². The SMILES string of the molecule is Cc1nc(-c2ccc3c(c2)CC[C@H]3NC(=O)c2cnc(C)o2)no1. The zero-order valence-corrected chi connectivity index (χ0v) is 13.4. The molecule has 1 aliphatic rings. The van der Waals surface area contributed by atoms with Gasteiger partial charge in [-0.3, -0.25) is 4.79 Å². The van der Waals surface area contributed by atoms with Crippen molar-refractivity contribution in [3.8, 4) is 11.4 Å². The summed E-state index contributed by atoms with van der Waals surface area (Å²) in [5, 5.41) is 6.95. The van der Waals surface area contributed by atoms with Crippen LogP contribution in [0, 0.1) is 13.8 Å². The lowest BCUT2D eigenvalue weighted by molar-refractivity contribution is 0.0907. The third kappa shape index (κ3) is 2.58. The summed E-state index contributed by atoms with van der Waals surface area (Å²) < 4.78 is 10.3. The van der Waals surface area contributed by atoms with Crippen molar-refractivity contribution in [3.63, 3.8) is 0 Å². The minimum Gasteiger partial charge on any atom is -0.436 e. The highest BCUT2D eigenvalue weighted by Crippen LogP contribution is 2.33. The summed E-state index contributed by atoms with van der Waals surface area (Å²) in [5.41, 5.74) is 3.22. The highest BCUT2D eigenvalue weighted by molar-refractivity contribution is 5.91. The van der Waals surface area contributed by atoms with Crippen LogP contribution in [0.3, 0.4) is 0 Å². The van der Waals surface area contributed by atoms with Crippen LogP contribution in [0.1, 0.15) is 45.9 Å². The number of oxazole rings is 1. The van der Waals surface area contributed by atoms with E-state index in [1.807, 2.05) is 12.1 Å². The molecule has 0 spiro atoms. The second-order valence-electron chi connectivity index (χ2n) is 5.86. The summed E-state index contributed by atoms with van der Waals surface area (Å²) in [4.78, 5) is 20.4. The lowest BCUT2D eigenvalue weighted by Gasteiger charge is -2.13. The summed E-state index contributed by atoms with van der Waals surface area (Å²) >= 11 is 0. The highest BCUT2D eigenvalue weighted by Gasteiger charge is 2.26. The maximum absolute atomic E-state index is 12.2. The number of carbonyl (C=O) groups excluding carboxylic acids is 1. The van der Waals surface area contributed by atoms with Gasteiger partial charge < -0.3 is 14.3 Å². The molecule has 24 heavy (non-hydrogen) atoms. The first-order valence-corrected chi connectivity index (χ1v) is 7.77. The fourth-order valence-corrected chi connectivity index (χ4v) is 3.02. The van der Waals surface area contributed by atoms with E-state index < -0.39 is 0 Å². The fraction of sp³-hybridized carbons (Fsp3) is 0.294. The van der Waals surface area contributed by atoms with Gasteiger partial charge in [0.05, 0.1) is 12.2 Å². The van der Waals surface area contributed by atoms with E-state index in [0.717, 1.165) is 24.0 Å². The highest BCUT2D eigenvalue weighted by atomic mass is 16.5. The second kappa shape index (κ2) is 5.59. The topological polar surface area (TPSA) is 94.1 Å². The van der Waals surface area contributed by atoms with Crippen molar-refractivity contribution < 1.29 is 13.7 Å². The van der Waals surface area contributed by atoms with E-state index in [1.165, 1.54) is 11.8 Å². The number of hydrogen-bond donors (Lipinski definition) is 1. The number of amides is 1. The molecule has 1 atom stereocenters. The van der Waals surface area contributed by atoms with Gasteiger partial charge in [-0.2, -0.15) is 4.98 Å². The minimum absolute atomic E-state index is 0.0287. The predicted molar refractivity (Wildman–Crippen MR) is 84.2 cm³/mol. The van der Waals surface area contributed by atoms with Crippen LogP contribution in [0.25, 0.3) is 11.4 Å². The van der Waals surface area contributed by atoms with Crippen molar-refractivity contribution in [1.29, 1.82) is 0 Å². The number of aromatic nitrogens is 3. The number of benzene rings is 1. The molecule has 0 fully saturated rings. The number of nitrogens with one attached hydrogen (secondary N) is 1. The third-order valence-electron chi connectivity index (χ3n) is 4.16. The monoisotopic (exact) mass is 324 g/mol. The van der Waals surface area contributed by atoms with Gasteiger partial charge in [-0.15, -0.1) is 0 Å². The molecule has 0 bridgehead atoms. The smallest absolute Gasteiger partial charge is 0.289 e. The molecule has 2 aromatic heterocycles. The zero-order valence-electron chi connectivity index (χ0n) is 13.4. The van der Waals surface area contributed by atoms with Crippen LogP contribution >= 0.6 is 0 Å². The van der Waals surface area contributed by atoms with E-state index in [2.05, 4.69) is 26.5 Å². The van der Waals surface area contributed by atoms with E-state index in [4.69, 9.17) is 8.94 Å². The standard InChI is InChI=1S/C17H16N4O3/c1-9-18-8-15(23-9)17(22)20-14-6-4-11-7-12(3-5-13(11)14)16-19-10(2)24-21-16/h3,5,7-8,14H,4,6H2,1-2H3,(H,20,22)/t14-/m1/s1. The van der Waals surface area contributed by atoms with Crippen LogP contribution in [-0.2, 0) is 6.42 Å². The lowest BCUT2D eigenvalue weighted by atomic mass is 10.0. The van der Waals surface area contributed by atoms with E-state index in [0.29, 0.717) is 17.6 Å². The normalized spacial score (nSPS) is 16.2. The first-order chi connectivity index (χ1) is 11.6. The van der Waals surface area contributed by atoms with E-state index >= 15 is 0 Å². The maximum atomic E-state index is 12.2. The molecule has 7 nitrogen and oxygen atoms in total. The van der Waals surface area contributed by atoms with Gasteiger partial charge in [-0.25, -0.2) is 4.98 Å². The molecule has 3 aromatic rings. The molecule has 122 valence electrons. The zero-order chi connectivity index (χ0) is 16.7. The van der Waals surface area contributed by atoms with E-state index in [-0.39, 0.29) is 17.7 Å². The number of rotatable bonds is 3. The van der Waals surface area contributed by atoms with Crippen molar-refractivity contribution in [3.05, 3.63) is 53.1 Å². The average Bonchev–Trinajstić information content (AvgIpc) is 3.28. The molecule has 0 saturated heterocycles. The Kier molecular flexibility index (Phi) is 3.41. The summed E-state index contributed by atoms with van der Waals surface area (Å²) in [7, 11) is 0. The van der Waals surface area contributed by atoms with Gasteiger partial charge >= 0.3 is 0 Å². The Bertz CT molecular complexity index is 912. The third-order valence-corrected chi connectivity index (χ3v) is 4.16. The fourth-order valence-electron chi connectivity index (χ4n) is 3.02. The molecule has 0 saturated carbocycles. The first-order valence-electron chi connectivity index (χ1n) is 7.77. The van der Waals surface area contributed by atoms with Crippen LogP contribution in [0.15, 0.2) is 33.3 Å². The van der Waals surface area contributed by atoms with Gasteiger partial charge in [0.1, 0.15) is 0 Å². The molecule has 0 radical (unpaired) electrons. The van der Waals surface area contributed by atoms with Crippen LogP contribution in [0.5, 0.6) is 0 Å². The van der Waals surface area contributed by atoms with Gasteiger partial charge in [-0.1, -0.05) is 17.3 Å². The Morgan fingerprint density at radius 1 is 1.29 bits per heavy atom. The first kappa shape index (κ1) is 14.6. The molecule has 2 heterocycles. The number of nitrogens with zero attached hydrogens (tertiary/aromatic N) is 3.